The van der Waals surface area contributed by atoms with Crippen molar-refractivity contribution >= 4 is 29.3 Å². The highest BCUT2D eigenvalue weighted by Crippen LogP contribution is 2.35. The third kappa shape index (κ3) is 5.91. The van der Waals surface area contributed by atoms with Crippen molar-refractivity contribution in [1.82, 2.24) is 4.90 Å². The standard InChI is InChI=1S/C31H24F3N3O4/c1-41-29(39)27(20-6-3-2-4-7-20)37-18-22-11-10-21(16-26(22)28(37)38)19-12-14-24(15-13-19)35-30(40)36-25-9-5-8-23(17-25)31(32,33)34/h2-17,27H,18H2,1H3,(H2,35,36,40). The molecular formula is C31H24F3N3O4. The number of ether oxygens (including phenoxy) is 1. The predicted octanol–water partition coefficient (Wildman–Crippen LogP) is 6.89. The molecule has 1 aliphatic heterocycles. The van der Waals surface area contributed by atoms with Gasteiger partial charge < -0.3 is 20.3 Å². The molecule has 4 aromatic carbocycles. The van der Waals surface area contributed by atoms with E-state index in [4.69, 9.17) is 4.74 Å². The number of nitrogens with zero attached hydrogens (tertiary/aromatic N) is 1. The van der Waals surface area contributed by atoms with Crippen LogP contribution in [0.3, 0.4) is 0 Å². The van der Waals surface area contributed by atoms with Crippen LogP contribution in [0.2, 0.25) is 0 Å². The Morgan fingerprint density at radius 1 is 0.829 bits per heavy atom. The molecule has 0 aromatic heterocycles. The number of alkyl halides is 3. The second kappa shape index (κ2) is 11.2. The first kappa shape index (κ1) is 27.4. The summed E-state index contributed by atoms with van der Waals surface area (Å²) in [7, 11) is 1.29. The van der Waals surface area contributed by atoms with E-state index in [-0.39, 0.29) is 18.1 Å². The Balaban J connectivity index is 1.29. The molecule has 208 valence electrons. The van der Waals surface area contributed by atoms with Crippen molar-refractivity contribution in [2.45, 2.75) is 18.8 Å². The van der Waals surface area contributed by atoms with Crippen molar-refractivity contribution < 1.29 is 32.3 Å². The summed E-state index contributed by atoms with van der Waals surface area (Å²) in [5.41, 5.74) is 3.02. The molecule has 4 aromatic rings. The number of hydrogen-bond donors (Lipinski definition) is 2. The molecular weight excluding hydrogens is 535 g/mol. The minimum Gasteiger partial charge on any atom is -0.467 e. The fourth-order valence-electron chi connectivity index (χ4n) is 4.71. The van der Waals surface area contributed by atoms with Crippen molar-refractivity contribution in [3.63, 3.8) is 0 Å². The maximum Gasteiger partial charge on any atom is 0.416 e. The molecule has 0 radical (unpaired) electrons. The van der Waals surface area contributed by atoms with E-state index < -0.39 is 29.8 Å². The summed E-state index contributed by atoms with van der Waals surface area (Å²) >= 11 is 0. The van der Waals surface area contributed by atoms with Crippen LogP contribution >= 0.6 is 0 Å². The molecule has 1 unspecified atom stereocenters. The Kier molecular flexibility index (Phi) is 7.47. The smallest absolute Gasteiger partial charge is 0.416 e. The number of methoxy groups -OCH3 is 1. The number of carbonyl (C=O) groups is 3. The van der Waals surface area contributed by atoms with Crippen LogP contribution in [0.15, 0.2) is 97.1 Å². The number of amides is 3. The third-order valence-corrected chi connectivity index (χ3v) is 6.72. The van der Waals surface area contributed by atoms with Crippen LogP contribution in [0.4, 0.5) is 29.3 Å². The number of carbonyl (C=O) groups excluding carboxylic acids is 3. The van der Waals surface area contributed by atoms with Crippen LogP contribution in [-0.2, 0) is 22.3 Å². The number of nitrogens with one attached hydrogen (secondary N) is 2. The highest BCUT2D eigenvalue weighted by Gasteiger charge is 2.38. The van der Waals surface area contributed by atoms with Crippen LogP contribution < -0.4 is 10.6 Å². The van der Waals surface area contributed by atoms with Gasteiger partial charge in [-0.2, -0.15) is 13.2 Å². The van der Waals surface area contributed by atoms with Gasteiger partial charge in [0.15, 0.2) is 6.04 Å². The lowest BCUT2D eigenvalue weighted by Crippen LogP contribution is -2.35. The number of benzene rings is 4. The van der Waals surface area contributed by atoms with Crippen LogP contribution in [-0.4, -0.2) is 29.9 Å². The minimum atomic E-state index is -4.52. The fourth-order valence-corrected chi connectivity index (χ4v) is 4.71. The van der Waals surface area contributed by atoms with Crippen molar-refractivity contribution in [2.75, 3.05) is 17.7 Å². The summed E-state index contributed by atoms with van der Waals surface area (Å²) in [6.45, 7) is 0.257. The molecule has 0 saturated carbocycles. The van der Waals surface area contributed by atoms with Gasteiger partial charge in [0, 0.05) is 23.5 Å². The summed E-state index contributed by atoms with van der Waals surface area (Å²) in [6.07, 6.45) is -4.52. The number of rotatable bonds is 6. The maximum atomic E-state index is 13.4. The summed E-state index contributed by atoms with van der Waals surface area (Å²) in [5, 5.41) is 4.98. The Morgan fingerprint density at radius 3 is 2.20 bits per heavy atom. The van der Waals surface area contributed by atoms with Crippen LogP contribution in [0.5, 0.6) is 0 Å². The molecule has 0 aliphatic carbocycles. The van der Waals surface area contributed by atoms with Gasteiger partial charge >= 0.3 is 18.2 Å². The molecule has 3 amide bonds. The zero-order valence-corrected chi connectivity index (χ0v) is 21.7. The zero-order valence-electron chi connectivity index (χ0n) is 21.7. The molecule has 1 atom stereocenters. The number of urea groups is 1. The van der Waals surface area contributed by atoms with Crippen LogP contribution in [0, 0.1) is 0 Å². The molecule has 1 aliphatic rings. The molecule has 1 heterocycles. The van der Waals surface area contributed by atoms with Gasteiger partial charge in [-0.1, -0.05) is 60.7 Å². The van der Waals surface area contributed by atoms with Crippen molar-refractivity contribution in [1.29, 1.82) is 0 Å². The van der Waals surface area contributed by atoms with Gasteiger partial charge in [-0.25, -0.2) is 9.59 Å². The molecule has 5 rings (SSSR count). The van der Waals surface area contributed by atoms with Gasteiger partial charge in [-0.15, -0.1) is 0 Å². The van der Waals surface area contributed by atoms with Gasteiger partial charge in [-0.05, 0) is 58.7 Å². The van der Waals surface area contributed by atoms with E-state index in [1.807, 2.05) is 18.2 Å². The first-order valence-electron chi connectivity index (χ1n) is 12.6. The fraction of sp³-hybridized carbons (Fsp3) is 0.129. The van der Waals surface area contributed by atoms with Gasteiger partial charge in [-0.3, -0.25) is 4.79 Å². The summed E-state index contributed by atoms with van der Waals surface area (Å²) in [6, 6.07) is 24.0. The molecule has 10 heteroatoms. The average Bonchev–Trinajstić information content (AvgIpc) is 3.28. The zero-order chi connectivity index (χ0) is 29.1. The lowest BCUT2D eigenvalue weighted by molar-refractivity contribution is -0.146. The second-order valence-electron chi connectivity index (χ2n) is 9.38. The van der Waals surface area contributed by atoms with E-state index in [0.29, 0.717) is 16.8 Å². The second-order valence-corrected chi connectivity index (χ2v) is 9.38. The maximum absolute atomic E-state index is 13.4. The molecule has 0 saturated heterocycles. The predicted molar refractivity (Wildman–Crippen MR) is 147 cm³/mol. The number of halogens is 3. The van der Waals surface area contributed by atoms with Gasteiger partial charge in [0.2, 0.25) is 0 Å². The normalized spacial score (nSPS) is 13.4. The molecule has 0 fully saturated rings. The summed E-state index contributed by atoms with van der Waals surface area (Å²) in [5.74, 6) is -0.816. The third-order valence-electron chi connectivity index (χ3n) is 6.72. The first-order chi connectivity index (χ1) is 19.6. The van der Waals surface area contributed by atoms with E-state index >= 15 is 0 Å². The van der Waals surface area contributed by atoms with Gasteiger partial charge in [0.25, 0.3) is 5.91 Å². The van der Waals surface area contributed by atoms with E-state index in [2.05, 4.69) is 10.6 Å². The molecule has 0 bridgehead atoms. The monoisotopic (exact) mass is 559 g/mol. The van der Waals surface area contributed by atoms with E-state index in [1.54, 1.807) is 54.6 Å². The molecule has 0 spiro atoms. The lowest BCUT2D eigenvalue weighted by atomic mass is 10.00. The first-order valence-corrected chi connectivity index (χ1v) is 12.6. The topological polar surface area (TPSA) is 87.7 Å². The highest BCUT2D eigenvalue weighted by molar-refractivity contribution is 6.02. The van der Waals surface area contributed by atoms with Gasteiger partial charge in [0.1, 0.15) is 0 Å². The van der Waals surface area contributed by atoms with Crippen LogP contribution in [0.1, 0.15) is 33.1 Å². The number of anilines is 2. The van der Waals surface area contributed by atoms with Crippen LogP contribution in [0.25, 0.3) is 11.1 Å². The molecule has 2 N–H and O–H groups in total. The average molecular weight is 560 g/mol. The van der Waals surface area contributed by atoms with Crippen molar-refractivity contribution in [2.24, 2.45) is 0 Å². The largest absolute Gasteiger partial charge is 0.467 e. The Labute approximate surface area is 233 Å². The van der Waals surface area contributed by atoms with Crippen molar-refractivity contribution in [3.05, 3.63) is 119 Å². The number of hydrogen-bond acceptors (Lipinski definition) is 4. The Morgan fingerprint density at radius 2 is 1.51 bits per heavy atom. The molecule has 7 nitrogen and oxygen atoms in total. The molecule has 41 heavy (non-hydrogen) atoms. The summed E-state index contributed by atoms with van der Waals surface area (Å²) < 4.78 is 43.8. The number of fused-ring (bicyclic) bond motifs is 1. The van der Waals surface area contributed by atoms with Gasteiger partial charge in [0.05, 0.1) is 12.7 Å². The highest BCUT2D eigenvalue weighted by atomic mass is 19.4. The summed E-state index contributed by atoms with van der Waals surface area (Å²) in [4.78, 5) is 39.9. The minimum absolute atomic E-state index is 0.00694. The Bertz CT molecular complexity index is 1610. The van der Waals surface area contributed by atoms with Crippen molar-refractivity contribution in [3.8, 4) is 11.1 Å². The lowest BCUT2D eigenvalue weighted by Gasteiger charge is -2.25. The quantitative estimate of drug-likeness (QED) is 0.252. The van der Waals surface area contributed by atoms with E-state index in [9.17, 15) is 27.6 Å². The van der Waals surface area contributed by atoms with E-state index in [1.165, 1.54) is 24.1 Å². The Hall–Kier alpha value is -5.12. The number of esters is 1. The van der Waals surface area contributed by atoms with E-state index in [0.717, 1.165) is 28.8 Å². The SMILES string of the molecule is COC(=O)C(c1ccccc1)N1Cc2ccc(-c3ccc(NC(=O)Nc4cccc(C(F)(F)F)c4)cc3)cc2C1=O.